The molecule has 0 aromatic rings. The highest BCUT2D eigenvalue weighted by molar-refractivity contribution is 8.77. The van der Waals surface area contributed by atoms with Crippen molar-refractivity contribution in [3.63, 3.8) is 0 Å². The zero-order valence-corrected chi connectivity index (χ0v) is 20.9. The van der Waals surface area contributed by atoms with Crippen LogP contribution in [0, 0.1) is 5.92 Å². The smallest absolute Gasteiger partial charge is 0.326 e. The van der Waals surface area contributed by atoms with E-state index in [-0.39, 0.29) is 29.2 Å². The van der Waals surface area contributed by atoms with E-state index in [1.807, 2.05) is 13.8 Å². The van der Waals surface area contributed by atoms with Crippen LogP contribution in [0.25, 0.3) is 0 Å². The molecule has 31 heavy (non-hydrogen) atoms. The summed E-state index contributed by atoms with van der Waals surface area (Å²) in [7, 11) is 3.26. The molecule has 0 aliphatic carbocycles. The van der Waals surface area contributed by atoms with Crippen LogP contribution in [0.1, 0.15) is 53.9 Å². The van der Waals surface area contributed by atoms with Crippen molar-refractivity contribution in [3.05, 3.63) is 12.3 Å². The minimum atomic E-state index is -0.972. The van der Waals surface area contributed by atoms with Gasteiger partial charge in [0.25, 0.3) is 0 Å². The molecule has 1 heterocycles. The fraction of sp³-hybridized carbons (Fsp3) is 0.810. The summed E-state index contributed by atoms with van der Waals surface area (Å²) in [6.07, 6.45) is -0.361. The van der Waals surface area contributed by atoms with Crippen LogP contribution in [0.15, 0.2) is 12.3 Å². The summed E-state index contributed by atoms with van der Waals surface area (Å²) in [6, 6.07) is -1.42. The number of aliphatic hydroxyl groups is 1. The predicted molar refractivity (Wildman–Crippen MR) is 128 cm³/mol. The summed E-state index contributed by atoms with van der Waals surface area (Å²) in [4.78, 5) is 23.8. The van der Waals surface area contributed by atoms with Crippen molar-refractivity contribution in [3.8, 4) is 0 Å². The zero-order chi connectivity index (χ0) is 23.8. The maximum absolute atomic E-state index is 12.3. The first-order valence-corrected chi connectivity index (χ1v) is 13.0. The van der Waals surface area contributed by atoms with E-state index in [9.17, 15) is 19.8 Å². The standard InChI is InChI=1S/C21H39N3O5S2/c1-12(2)9-16(20(27)28)24-13(3)18-17(25)8-7-14(29-18)10-23-19(26)15(22)11-30-31-21(4,5)6/h12,14-18,24-25H,3,7-11,22H2,1-2,4-6H3,(H,23,26)(H,27,28)/t14-,15+,16+,17?,18-/m1/s1. The van der Waals surface area contributed by atoms with Crippen LogP contribution in [0.4, 0.5) is 0 Å². The molecular formula is C21H39N3O5S2. The number of carboxylic acids is 1. The second-order valence-corrected chi connectivity index (χ2v) is 12.5. The number of carboxylic acid groups (broad SMARTS) is 1. The van der Waals surface area contributed by atoms with E-state index in [1.165, 1.54) is 0 Å². The monoisotopic (exact) mass is 477 g/mol. The van der Waals surface area contributed by atoms with Crippen molar-refractivity contribution >= 4 is 33.5 Å². The second kappa shape index (κ2) is 12.9. The SMILES string of the molecule is C=C(N[C@@H](CC(C)C)C(=O)O)[C@H]1O[C@@H](CNC(=O)[C@@H](N)CSSC(C)(C)C)CCC1O. The lowest BCUT2D eigenvalue weighted by molar-refractivity contribution is -0.140. The van der Waals surface area contributed by atoms with Gasteiger partial charge in [0, 0.05) is 22.7 Å². The van der Waals surface area contributed by atoms with Crippen molar-refractivity contribution < 1.29 is 24.5 Å². The van der Waals surface area contributed by atoms with E-state index in [0.717, 1.165) is 0 Å². The van der Waals surface area contributed by atoms with Gasteiger partial charge in [-0.25, -0.2) is 4.79 Å². The van der Waals surface area contributed by atoms with Crippen LogP contribution < -0.4 is 16.4 Å². The van der Waals surface area contributed by atoms with E-state index in [4.69, 9.17) is 10.5 Å². The number of nitrogens with two attached hydrogens (primary N) is 1. The molecule has 0 aromatic carbocycles. The Morgan fingerprint density at radius 2 is 1.94 bits per heavy atom. The number of amides is 1. The number of hydrogen-bond acceptors (Lipinski definition) is 8. The lowest BCUT2D eigenvalue weighted by Gasteiger charge is -2.36. The minimum Gasteiger partial charge on any atom is -0.480 e. The highest BCUT2D eigenvalue weighted by atomic mass is 33.1. The molecule has 0 saturated carbocycles. The van der Waals surface area contributed by atoms with Crippen molar-refractivity contribution in [2.75, 3.05) is 12.3 Å². The number of aliphatic hydroxyl groups excluding tert-OH is 1. The van der Waals surface area contributed by atoms with Crippen LogP contribution >= 0.6 is 21.6 Å². The minimum absolute atomic E-state index is 0.0951. The predicted octanol–water partition coefficient (Wildman–Crippen LogP) is 2.12. The fourth-order valence-corrected chi connectivity index (χ4v) is 5.47. The molecule has 1 fully saturated rings. The molecule has 1 aliphatic heterocycles. The van der Waals surface area contributed by atoms with Gasteiger partial charge in [-0.15, -0.1) is 0 Å². The maximum atomic E-state index is 12.3. The van der Waals surface area contributed by atoms with E-state index >= 15 is 0 Å². The Morgan fingerprint density at radius 3 is 2.48 bits per heavy atom. The van der Waals surface area contributed by atoms with E-state index in [1.54, 1.807) is 21.6 Å². The fourth-order valence-electron chi connectivity index (χ4n) is 3.04. The lowest BCUT2D eigenvalue weighted by Crippen LogP contribution is -2.50. The van der Waals surface area contributed by atoms with Crippen molar-refractivity contribution in [2.24, 2.45) is 11.7 Å². The highest BCUT2D eigenvalue weighted by Crippen LogP contribution is 2.35. The van der Waals surface area contributed by atoms with Gasteiger partial charge in [-0.05, 0) is 25.2 Å². The summed E-state index contributed by atoms with van der Waals surface area (Å²) < 4.78 is 6.03. The summed E-state index contributed by atoms with van der Waals surface area (Å²) >= 11 is 0. The van der Waals surface area contributed by atoms with Crippen LogP contribution in [-0.2, 0) is 14.3 Å². The second-order valence-electron chi connectivity index (χ2n) is 9.35. The van der Waals surface area contributed by atoms with Crippen LogP contribution in [0.3, 0.4) is 0 Å². The molecule has 0 spiro atoms. The van der Waals surface area contributed by atoms with Gasteiger partial charge in [0.05, 0.1) is 18.2 Å². The van der Waals surface area contributed by atoms with Gasteiger partial charge in [-0.1, -0.05) is 62.8 Å². The molecule has 1 rings (SSSR count). The van der Waals surface area contributed by atoms with E-state index in [0.29, 0.717) is 30.7 Å². The van der Waals surface area contributed by atoms with E-state index < -0.39 is 30.3 Å². The number of carbonyl (C=O) groups excluding carboxylic acids is 1. The number of hydrogen-bond donors (Lipinski definition) is 5. The van der Waals surface area contributed by atoms with Gasteiger partial charge in [-0.3, -0.25) is 4.79 Å². The first-order valence-electron chi connectivity index (χ1n) is 10.7. The molecule has 10 heteroatoms. The van der Waals surface area contributed by atoms with Crippen molar-refractivity contribution in [2.45, 2.75) is 89.0 Å². The molecular weight excluding hydrogens is 438 g/mol. The third kappa shape index (κ3) is 11.0. The Morgan fingerprint density at radius 1 is 1.29 bits per heavy atom. The molecule has 0 aromatic heterocycles. The molecule has 5 atom stereocenters. The summed E-state index contributed by atoms with van der Waals surface area (Å²) in [5.74, 6) is -0.521. The molecule has 1 unspecified atom stereocenters. The molecule has 180 valence electrons. The topological polar surface area (TPSA) is 134 Å². The molecule has 1 amide bonds. The third-order valence-corrected chi connectivity index (χ3v) is 7.95. The first-order chi connectivity index (χ1) is 14.3. The largest absolute Gasteiger partial charge is 0.480 e. The van der Waals surface area contributed by atoms with Gasteiger partial charge >= 0.3 is 5.97 Å². The molecule has 8 nitrogen and oxygen atoms in total. The number of aliphatic carboxylic acids is 1. The number of nitrogens with one attached hydrogen (secondary N) is 2. The Kier molecular flexibility index (Phi) is 11.7. The average molecular weight is 478 g/mol. The molecule has 6 N–H and O–H groups in total. The van der Waals surface area contributed by atoms with E-state index in [2.05, 4.69) is 38.0 Å². The Bertz CT molecular complexity index is 612. The van der Waals surface area contributed by atoms with Crippen LogP contribution in [0.5, 0.6) is 0 Å². The van der Waals surface area contributed by atoms with Gasteiger partial charge in [-0.2, -0.15) is 0 Å². The summed E-state index contributed by atoms with van der Waals surface area (Å²) in [5, 5.41) is 25.5. The molecule has 1 aliphatic rings. The van der Waals surface area contributed by atoms with Crippen LogP contribution in [0.2, 0.25) is 0 Å². The van der Waals surface area contributed by atoms with Gasteiger partial charge in [0.15, 0.2) is 0 Å². The van der Waals surface area contributed by atoms with Crippen molar-refractivity contribution in [1.82, 2.24) is 10.6 Å². The normalized spacial score (nSPS) is 23.8. The van der Waals surface area contributed by atoms with Gasteiger partial charge < -0.3 is 31.3 Å². The Labute approximate surface area is 193 Å². The third-order valence-electron chi connectivity index (χ3n) is 4.58. The number of ether oxygens (including phenoxy) is 1. The zero-order valence-electron chi connectivity index (χ0n) is 19.2. The van der Waals surface area contributed by atoms with Crippen LogP contribution in [-0.4, -0.2) is 69.5 Å². The summed E-state index contributed by atoms with van der Waals surface area (Å²) in [6.45, 7) is 14.4. The number of rotatable bonds is 12. The molecule has 1 saturated heterocycles. The molecule has 0 radical (unpaired) electrons. The maximum Gasteiger partial charge on any atom is 0.326 e. The van der Waals surface area contributed by atoms with Gasteiger partial charge in [0.2, 0.25) is 5.91 Å². The Hall–Kier alpha value is -0.940. The quantitative estimate of drug-likeness (QED) is 0.268. The Balaban J connectivity index is 2.53. The number of carbonyl (C=O) groups is 2. The first kappa shape index (κ1) is 28.1. The summed E-state index contributed by atoms with van der Waals surface area (Å²) in [5.41, 5.74) is 6.31. The molecule has 0 bridgehead atoms. The van der Waals surface area contributed by atoms with Gasteiger partial charge in [0.1, 0.15) is 12.1 Å². The highest BCUT2D eigenvalue weighted by Gasteiger charge is 2.34. The lowest BCUT2D eigenvalue weighted by atomic mass is 9.97. The average Bonchev–Trinajstić information content (AvgIpc) is 2.64. The van der Waals surface area contributed by atoms with Crippen molar-refractivity contribution in [1.29, 1.82) is 0 Å².